The van der Waals surface area contributed by atoms with Crippen molar-refractivity contribution in [3.63, 3.8) is 0 Å². The van der Waals surface area contributed by atoms with Crippen molar-refractivity contribution in [1.29, 1.82) is 0 Å². The Hall–Kier alpha value is -1.70. The fourth-order valence-corrected chi connectivity index (χ4v) is 1.92. The van der Waals surface area contributed by atoms with Crippen molar-refractivity contribution >= 4 is 0 Å². The van der Waals surface area contributed by atoms with Crippen molar-refractivity contribution < 1.29 is 19.3 Å². The largest absolute Gasteiger partial charge is 0.497 e. The van der Waals surface area contributed by atoms with Gasteiger partial charge < -0.3 is 19.3 Å². The van der Waals surface area contributed by atoms with Crippen molar-refractivity contribution in [2.24, 2.45) is 5.92 Å². The smallest absolute Gasteiger partial charge is 0.135 e. The second-order valence-electron chi connectivity index (χ2n) is 4.36. The lowest BCUT2D eigenvalue weighted by atomic mass is 10.1. The molecule has 1 heterocycles. The number of hydrogen-bond donors (Lipinski definition) is 1. The number of hydrogen-bond acceptors (Lipinski definition) is 4. The van der Waals surface area contributed by atoms with Gasteiger partial charge in [0.2, 0.25) is 0 Å². The highest BCUT2D eigenvalue weighted by Gasteiger charge is 2.16. The molecule has 1 aromatic rings. The molecule has 0 aromatic heterocycles. The molecule has 1 aromatic carbocycles. The van der Waals surface area contributed by atoms with Crippen LogP contribution in [0.25, 0.3) is 0 Å². The molecule has 19 heavy (non-hydrogen) atoms. The minimum Gasteiger partial charge on any atom is -0.497 e. The Balaban J connectivity index is 2.08. The highest BCUT2D eigenvalue weighted by atomic mass is 16.5. The summed E-state index contributed by atoms with van der Waals surface area (Å²) < 4.78 is 16.3. The average molecular weight is 262 g/mol. The van der Waals surface area contributed by atoms with Crippen LogP contribution < -0.4 is 9.47 Å². The molecule has 0 aliphatic carbocycles. The first kappa shape index (κ1) is 13.7. The molecule has 1 fully saturated rings. The predicted octanol–water partition coefficient (Wildman–Crippen LogP) is 1.45. The summed E-state index contributed by atoms with van der Waals surface area (Å²) in [5.74, 6) is 7.39. The Morgan fingerprint density at radius 3 is 3.05 bits per heavy atom. The fourth-order valence-electron chi connectivity index (χ4n) is 1.92. The minimum absolute atomic E-state index is 0.173. The van der Waals surface area contributed by atoms with Crippen molar-refractivity contribution in [1.82, 2.24) is 0 Å². The molecule has 0 bridgehead atoms. The molecule has 1 aliphatic rings. The lowest BCUT2D eigenvalue weighted by molar-refractivity contribution is 0.167. The van der Waals surface area contributed by atoms with Crippen LogP contribution in [0.5, 0.6) is 11.5 Å². The van der Waals surface area contributed by atoms with Crippen LogP contribution >= 0.6 is 0 Å². The van der Waals surface area contributed by atoms with E-state index in [1.54, 1.807) is 7.11 Å². The maximum absolute atomic E-state index is 8.79. The van der Waals surface area contributed by atoms with Crippen molar-refractivity contribution in [2.45, 2.75) is 6.42 Å². The fraction of sp³-hybridized carbons (Fsp3) is 0.467. The molecule has 4 nitrogen and oxygen atoms in total. The van der Waals surface area contributed by atoms with E-state index in [-0.39, 0.29) is 6.61 Å². The Bertz CT molecular complexity index is 467. The molecule has 1 saturated heterocycles. The highest BCUT2D eigenvalue weighted by Crippen LogP contribution is 2.24. The number of ether oxygens (including phenoxy) is 3. The Labute approximate surface area is 113 Å². The zero-order valence-electron chi connectivity index (χ0n) is 11.0. The minimum atomic E-state index is -0.173. The first-order valence-corrected chi connectivity index (χ1v) is 6.32. The zero-order chi connectivity index (χ0) is 13.5. The van der Waals surface area contributed by atoms with Crippen LogP contribution in [0, 0.1) is 17.8 Å². The summed E-state index contributed by atoms with van der Waals surface area (Å²) in [4.78, 5) is 0. The average Bonchev–Trinajstić information content (AvgIpc) is 2.96. The molecule has 0 saturated carbocycles. The summed E-state index contributed by atoms with van der Waals surface area (Å²) in [5.41, 5.74) is 0.729. The van der Waals surface area contributed by atoms with Crippen molar-refractivity contribution in [2.75, 3.05) is 33.5 Å². The number of aliphatic hydroxyl groups excluding tert-OH is 1. The van der Waals surface area contributed by atoms with Crippen LogP contribution in [0.1, 0.15) is 12.0 Å². The summed E-state index contributed by atoms with van der Waals surface area (Å²) >= 11 is 0. The van der Waals surface area contributed by atoms with Gasteiger partial charge >= 0.3 is 0 Å². The third-order valence-corrected chi connectivity index (χ3v) is 2.99. The maximum Gasteiger partial charge on any atom is 0.135 e. The highest BCUT2D eigenvalue weighted by molar-refractivity contribution is 5.50. The molecule has 4 heteroatoms. The quantitative estimate of drug-likeness (QED) is 0.834. The third-order valence-electron chi connectivity index (χ3n) is 2.99. The zero-order valence-corrected chi connectivity index (χ0v) is 11.0. The number of methoxy groups -OCH3 is 1. The SMILES string of the molecule is COc1ccc(OCC2CCOC2)c(C#CCO)c1. The van der Waals surface area contributed by atoms with Gasteiger partial charge in [-0.05, 0) is 24.6 Å². The van der Waals surface area contributed by atoms with E-state index in [4.69, 9.17) is 19.3 Å². The Morgan fingerprint density at radius 2 is 2.37 bits per heavy atom. The Kier molecular flexibility index (Phi) is 5.08. The molecule has 0 radical (unpaired) electrons. The van der Waals surface area contributed by atoms with E-state index in [0.717, 1.165) is 30.9 Å². The lowest BCUT2D eigenvalue weighted by Gasteiger charge is -2.12. The molecule has 1 unspecified atom stereocenters. The summed E-state index contributed by atoms with van der Waals surface area (Å²) in [5, 5.41) is 8.79. The number of aliphatic hydroxyl groups is 1. The van der Waals surface area contributed by atoms with E-state index >= 15 is 0 Å². The molecule has 0 spiro atoms. The monoisotopic (exact) mass is 262 g/mol. The summed E-state index contributed by atoms with van der Waals surface area (Å²) in [6, 6.07) is 5.49. The van der Waals surface area contributed by atoms with Crippen LogP contribution in [-0.4, -0.2) is 38.6 Å². The van der Waals surface area contributed by atoms with Gasteiger partial charge in [-0.15, -0.1) is 0 Å². The van der Waals surface area contributed by atoms with Crippen LogP contribution in [0.3, 0.4) is 0 Å². The van der Waals surface area contributed by atoms with Gasteiger partial charge in [-0.25, -0.2) is 0 Å². The molecule has 0 amide bonds. The van der Waals surface area contributed by atoms with Gasteiger partial charge in [0.25, 0.3) is 0 Å². The summed E-state index contributed by atoms with van der Waals surface area (Å²) in [6.07, 6.45) is 1.04. The molecule has 1 atom stereocenters. The van der Waals surface area contributed by atoms with Crippen LogP contribution in [0.2, 0.25) is 0 Å². The number of benzene rings is 1. The van der Waals surface area contributed by atoms with E-state index in [1.807, 2.05) is 18.2 Å². The molecule has 1 N–H and O–H groups in total. The van der Waals surface area contributed by atoms with Crippen molar-refractivity contribution in [3.05, 3.63) is 23.8 Å². The second-order valence-corrected chi connectivity index (χ2v) is 4.36. The maximum atomic E-state index is 8.79. The summed E-state index contributed by atoms with van der Waals surface area (Å²) in [7, 11) is 1.61. The molecule has 2 rings (SSSR count). The number of rotatable bonds is 4. The van der Waals surface area contributed by atoms with Gasteiger partial charge in [0.15, 0.2) is 0 Å². The van der Waals surface area contributed by atoms with Crippen LogP contribution in [0.15, 0.2) is 18.2 Å². The first-order chi connectivity index (χ1) is 9.33. The summed E-state index contributed by atoms with van der Waals surface area (Å²) in [6.45, 7) is 2.02. The van der Waals surface area contributed by atoms with Crippen molar-refractivity contribution in [3.8, 4) is 23.3 Å². The Morgan fingerprint density at radius 1 is 1.47 bits per heavy atom. The van der Waals surface area contributed by atoms with E-state index in [9.17, 15) is 0 Å². The molecule has 102 valence electrons. The molecular weight excluding hydrogens is 244 g/mol. The van der Waals surface area contributed by atoms with Gasteiger partial charge in [0.05, 0.1) is 25.9 Å². The van der Waals surface area contributed by atoms with Gasteiger partial charge in [-0.1, -0.05) is 11.8 Å². The third kappa shape index (κ3) is 3.88. The van der Waals surface area contributed by atoms with Crippen LogP contribution in [-0.2, 0) is 4.74 Å². The van der Waals surface area contributed by atoms with E-state index < -0.39 is 0 Å². The van der Waals surface area contributed by atoms with Gasteiger partial charge in [0, 0.05) is 12.5 Å². The molecule has 1 aliphatic heterocycles. The second kappa shape index (κ2) is 7.03. The normalized spacial score (nSPS) is 17.7. The van der Waals surface area contributed by atoms with Gasteiger partial charge in [0.1, 0.15) is 18.1 Å². The first-order valence-electron chi connectivity index (χ1n) is 6.32. The van der Waals surface area contributed by atoms with E-state index in [2.05, 4.69) is 11.8 Å². The lowest BCUT2D eigenvalue weighted by Crippen LogP contribution is -2.12. The van der Waals surface area contributed by atoms with Crippen LogP contribution in [0.4, 0.5) is 0 Å². The van der Waals surface area contributed by atoms with E-state index in [0.29, 0.717) is 18.3 Å². The van der Waals surface area contributed by atoms with Gasteiger partial charge in [-0.3, -0.25) is 0 Å². The topological polar surface area (TPSA) is 47.9 Å². The van der Waals surface area contributed by atoms with Gasteiger partial charge in [-0.2, -0.15) is 0 Å². The van der Waals surface area contributed by atoms with E-state index in [1.165, 1.54) is 0 Å². The predicted molar refractivity (Wildman–Crippen MR) is 71.4 cm³/mol. The molecular formula is C15H18O4. The standard InChI is InChI=1S/C15H18O4/c1-17-14-4-5-15(13(9-14)3-2-7-16)19-11-12-6-8-18-10-12/h4-5,9,12,16H,6-8,10-11H2,1H3.